The number of carbonyl (C=O) groups excluding carboxylic acids is 3. The van der Waals surface area contributed by atoms with Crippen LogP contribution in [0.1, 0.15) is 73.6 Å². The molecule has 236 valence electrons. The summed E-state index contributed by atoms with van der Waals surface area (Å²) in [6.45, 7) is 9.95. The molecule has 0 aromatic heterocycles. The number of piperidine rings is 3. The summed E-state index contributed by atoms with van der Waals surface area (Å²) in [5.41, 5.74) is 5.51. The standard InChI is InChI=1S/C36H49N5O3/c1-26-20-27(2)22-28(21-26)23-30(35(43)40-18-10-31(11-19-40)38-14-6-3-7-15-38)24-34(42)39-16-12-32(13-17-39)41-25-29-8-4-5-9-33(29)37-36(41)44/h4-5,8-9,20-22,30-32H,3,6-7,10-19,23-25H2,1-2H3,(H,37,44)/t30-/m1/s1. The second kappa shape index (κ2) is 13.7. The Morgan fingerprint density at radius 2 is 1.45 bits per heavy atom. The molecule has 2 aromatic rings. The van der Waals surface area contributed by atoms with Gasteiger partial charge in [-0.25, -0.2) is 4.79 Å². The van der Waals surface area contributed by atoms with Gasteiger partial charge < -0.3 is 24.9 Å². The van der Waals surface area contributed by atoms with Gasteiger partial charge in [0.1, 0.15) is 0 Å². The smallest absolute Gasteiger partial charge is 0.322 e. The van der Waals surface area contributed by atoms with E-state index in [1.807, 2.05) is 32.9 Å². The fourth-order valence-corrected chi connectivity index (χ4v) is 8.00. The Balaban J connectivity index is 1.08. The summed E-state index contributed by atoms with van der Waals surface area (Å²) in [6.07, 6.45) is 8.29. The van der Waals surface area contributed by atoms with E-state index in [0.29, 0.717) is 32.1 Å². The van der Waals surface area contributed by atoms with Crippen molar-refractivity contribution in [1.82, 2.24) is 19.6 Å². The Hall–Kier alpha value is -3.39. The van der Waals surface area contributed by atoms with Gasteiger partial charge in [0, 0.05) is 56.9 Å². The fraction of sp³-hybridized carbons (Fsp3) is 0.583. The zero-order chi connectivity index (χ0) is 30.6. The van der Waals surface area contributed by atoms with Gasteiger partial charge in [0.05, 0.1) is 5.92 Å². The van der Waals surface area contributed by atoms with Gasteiger partial charge in [0.15, 0.2) is 0 Å². The minimum absolute atomic E-state index is 0.0582. The van der Waals surface area contributed by atoms with E-state index in [4.69, 9.17) is 0 Å². The van der Waals surface area contributed by atoms with E-state index >= 15 is 0 Å². The van der Waals surface area contributed by atoms with Crippen LogP contribution >= 0.6 is 0 Å². The van der Waals surface area contributed by atoms with Crippen molar-refractivity contribution in [1.29, 1.82) is 0 Å². The largest absolute Gasteiger partial charge is 0.343 e. The maximum atomic E-state index is 14.1. The molecule has 0 bridgehead atoms. The Morgan fingerprint density at radius 3 is 2.16 bits per heavy atom. The fourth-order valence-electron chi connectivity index (χ4n) is 8.00. The molecule has 2 aromatic carbocycles. The Labute approximate surface area is 262 Å². The van der Waals surface area contributed by atoms with Crippen LogP contribution in [0.25, 0.3) is 0 Å². The number of nitrogens with zero attached hydrogens (tertiary/aromatic N) is 4. The number of fused-ring (bicyclic) bond motifs is 1. The van der Waals surface area contributed by atoms with E-state index in [0.717, 1.165) is 55.6 Å². The van der Waals surface area contributed by atoms with Crippen molar-refractivity contribution < 1.29 is 14.4 Å². The highest BCUT2D eigenvalue weighted by Gasteiger charge is 2.36. The number of amides is 4. The molecular formula is C36H49N5O3. The molecule has 8 nitrogen and oxygen atoms in total. The first-order valence-electron chi connectivity index (χ1n) is 16.9. The molecule has 0 aliphatic carbocycles. The molecule has 3 fully saturated rings. The molecular weight excluding hydrogens is 550 g/mol. The highest BCUT2D eigenvalue weighted by atomic mass is 16.2. The molecule has 6 rings (SSSR count). The second-order valence-electron chi connectivity index (χ2n) is 13.6. The summed E-state index contributed by atoms with van der Waals surface area (Å²) >= 11 is 0. The molecule has 4 heterocycles. The highest BCUT2D eigenvalue weighted by Crippen LogP contribution is 2.29. The molecule has 0 spiro atoms. The molecule has 0 unspecified atom stereocenters. The number of hydrogen-bond donors (Lipinski definition) is 1. The number of likely N-dealkylation sites (tertiary alicyclic amines) is 3. The number of anilines is 1. The summed E-state index contributed by atoms with van der Waals surface area (Å²) in [5, 5.41) is 3.02. The number of para-hydroxylation sites is 1. The van der Waals surface area contributed by atoms with Gasteiger partial charge in [0.25, 0.3) is 0 Å². The van der Waals surface area contributed by atoms with Crippen molar-refractivity contribution in [2.24, 2.45) is 5.92 Å². The van der Waals surface area contributed by atoms with Crippen LogP contribution < -0.4 is 5.32 Å². The van der Waals surface area contributed by atoms with E-state index in [9.17, 15) is 14.4 Å². The minimum atomic E-state index is -0.364. The summed E-state index contributed by atoms with van der Waals surface area (Å²) in [7, 11) is 0. The lowest BCUT2D eigenvalue weighted by molar-refractivity contribution is -0.143. The van der Waals surface area contributed by atoms with E-state index in [1.54, 1.807) is 0 Å². The van der Waals surface area contributed by atoms with Crippen LogP contribution in [0.3, 0.4) is 0 Å². The van der Waals surface area contributed by atoms with Crippen molar-refractivity contribution in [3.05, 3.63) is 64.7 Å². The zero-order valence-electron chi connectivity index (χ0n) is 26.6. The van der Waals surface area contributed by atoms with Gasteiger partial charge in [-0.2, -0.15) is 0 Å². The maximum absolute atomic E-state index is 14.1. The summed E-state index contributed by atoms with van der Waals surface area (Å²) in [4.78, 5) is 49.2. The quantitative estimate of drug-likeness (QED) is 0.465. The van der Waals surface area contributed by atoms with Crippen LogP contribution in [0.5, 0.6) is 0 Å². The molecule has 4 aliphatic rings. The molecule has 0 radical (unpaired) electrons. The lowest BCUT2D eigenvalue weighted by Gasteiger charge is -2.41. The number of rotatable bonds is 7. The highest BCUT2D eigenvalue weighted by molar-refractivity contribution is 5.92. The third kappa shape index (κ3) is 7.12. The number of carbonyl (C=O) groups is 3. The van der Waals surface area contributed by atoms with Crippen molar-refractivity contribution in [3.63, 3.8) is 0 Å². The van der Waals surface area contributed by atoms with Gasteiger partial charge in [-0.1, -0.05) is 53.9 Å². The van der Waals surface area contributed by atoms with Crippen LogP contribution in [0.4, 0.5) is 10.5 Å². The van der Waals surface area contributed by atoms with Gasteiger partial charge in [-0.3, -0.25) is 9.59 Å². The summed E-state index contributed by atoms with van der Waals surface area (Å²) in [5.74, 6) is -0.173. The van der Waals surface area contributed by atoms with Crippen molar-refractivity contribution in [2.45, 2.75) is 90.3 Å². The minimum Gasteiger partial charge on any atom is -0.343 e. The molecule has 4 aliphatic heterocycles. The predicted octanol–water partition coefficient (Wildman–Crippen LogP) is 5.37. The first kappa shape index (κ1) is 30.6. The number of nitrogens with one attached hydrogen (secondary N) is 1. The molecule has 3 saturated heterocycles. The van der Waals surface area contributed by atoms with Crippen molar-refractivity contribution in [2.75, 3.05) is 44.6 Å². The Bertz CT molecular complexity index is 1320. The van der Waals surface area contributed by atoms with Gasteiger partial charge in [0.2, 0.25) is 11.8 Å². The average molecular weight is 600 g/mol. The normalized spacial score (nSPS) is 21.1. The van der Waals surface area contributed by atoms with E-state index < -0.39 is 0 Å². The first-order valence-corrected chi connectivity index (χ1v) is 16.9. The molecule has 8 heteroatoms. The van der Waals surface area contributed by atoms with Crippen LogP contribution in [-0.4, -0.2) is 88.8 Å². The monoisotopic (exact) mass is 599 g/mol. The predicted molar refractivity (Wildman–Crippen MR) is 173 cm³/mol. The van der Waals surface area contributed by atoms with Crippen LogP contribution in [0, 0.1) is 19.8 Å². The van der Waals surface area contributed by atoms with Crippen LogP contribution in [-0.2, 0) is 22.6 Å². The van der Waals surface area contributed by atoms with Crippen LogP contribution in [0.2, 0.25) is 0 Å². The molecule has 0 saturated carbocycles. The SMILES string of the molecule is Cc1cc(C)cc(C[C@H](CC(=O)N2CCC(N3Cc4ccccc4NC3=O)CC2)C(=O)N2CCC(N3CCCCC3)CC2)c1. The molecule has 4 amide bonds. The number of urea groups is 1. The number of aryl methyl sites for hydroxylation is 2. The number of benzene rings is 2. The summed E-state index contributed by atoms with van der Waals surface area (Å²) in [6, 6.07) is 15.0. The maximum Gasteiger partial charge on any atom is 0.322 e. The lowest BCUT2D eigenvalue weighted by Crippen LogP contribution is -2.52. The van der Waals surface area contributed by atoms with Gasteiger partial charge >= 0.3 is 6.03 Å². The number of hydrogen-bond acceptors (Lipinski definition) is 4. The Kier molecular flexibility index (Phi) is 9.55. The summed E-state index contributed by atoms with van der Waals surface area (Å²) < 4.78 is 0. The molecule has 44 heavy (non-hydrogen) atoms. The Morgan fingerprint density at radius 1 is 0.818 bits per heavy atom. The third-order valence-corrected chi connectivity index (χ3v) is 10.3. The van der Waals surface area contributed by atoms with Crippen molar-refractivity contribution >= 4 is 23.5 Å². The van der Waals surface area contributed by atoms with Gasteiger partial charge in [-0.05, 0) is 89.1 Å². The first-order chi connectivity index (χ1) is 21.3. The van der Waals surface area contributed by atoms with E-state index in [1.165, 1.54) is 43.5 Å². The van der Waals surface area contributed by atoms with Gasteiger partial charge in [-0.15, -0.1) is 0 Å². The molecule has 1 N–H and O–H groups in total. The van der Waals surface area contributed by atoms with Crippen molar-refractivity contribution in [3.8, 4) is 0 Å². The average Bonchev–Trinajstić information content (AvgIpc) is 3.04. The topological polar surface area (TPSA) is 76.2 Å². The van der Waals surface area contributed by atoms with E-state index in [2.05, 4.69) is 48.3 Å². The van der Waals surface area contributed by atoms with Crippen LogP contribution in [0.15, 0.2) is 42.5 Å². The molecule has 1 atom stereocenters. The third-order valence-electron chi connectivity index (χ3n) is 10.3. The van der Waals surface area contributed by atoms with E-state index in [-0.39, 0.29) is 36.2 Å². The second-order valence-corrected chi connectivity index (χ2v) is 13.6. The lowest BCUT2D eigenvalue weighted by atomic mass is 9.90. The zero-order valence-corrected chi connectivity index (χ0v) is 26.6.